The van der Waals surface area contributed by atoms with E-state index in [0.29, 0.717) is 11.1 Å². The molecule has 1 fully saturated rings. The Kier molecular flexibility index (Phi) is 5.62. The average Bonchev–Trinajstić information content (AvgIpc) is 3.26. The number of carbonyl (C=O) groups is 3. The molecule has 3 rings (SSSR count). The molecule has 1 saturated carbocycles. The zero-order valence-corrected chi connectivity index (χ0v) is 14.1. The van der Waals surface area contributed by atoms with E-state index in [0.717, 1.165) is 31.8 Å². The number of fused-ring (bicyclic) bond motifs is 1. The largest absolute Gasteiger partial charge is 0.452 e. The van der Waals surface area contributed by atoms with Crippen molar-refractivity contribution in [3.63, 3.8) is 0 Å². The molecule has 2 aromatic rings. The second-order valence-electron chi connectivity index (χ2n) is 5.96. The third-order valence-corrected chi connectivity index (χ3v) is 3.96. The summed E-state index contributed by atoms with van der Waals surface area (Å²) in [6.07, 6.45) is 6.43. The number of ether oxygens (including phenoxy) is 1. The second-order valence-corrected chi connectivity index (χ2v) is 5.96. The maximum Gasteiger partial charge on any atom is 0.331 e. The number of urea groups is 1. The smallest absolute Gasteiger partial charge is 0.331 e. The van der Waals surface area contributed by atoms with Crippen molar-refractivity contribution in [1.82, 2.24) is 15.6 Å². The highest BCUT2D eigenvalue weighted by atomic mass is 16.5. The van der Waals surface area contributed by atoms with Crippen molar-refractivity contribution >= 4 is 35.1 Å². The van der Waals surface area contributed by atoms with E-state index in [1.165, 1.54) is 6.08 Å². The molecule has 8 nitrogen and oxygen atoms in total. The van der Waals surface area contributed by atoms with Crippen molar-refractivity contribution in [3.8, 4) is 0 Å². The van der Waals surface area contributed by atoms with Gasteiger partial charge in [-0.2, -0.15) is 0 Å². The normalized spacial score (nSPS) is 14.6. The fourth-order valence-electron chi connectivity index (χ4n) is 2.74. The highest BCUT2D eigenvalue weighted by Crippen LogP contribution is 2.17. The fourth-order valence-corrected chi connectivity index (χ4v) is 2.74. The first-order valence-electron chi connectivity index (χ1n) is 8.41. The molecular weight excluding hydrogens is 338 g/mol. The average molecular weight is 357 g/mol. The summed E-state index contributed by atoms with van der Waals surface area (Å²) in [4.78, 5) is 39.1. The van der Waals surface area contributed by atoms with E-state index in [2.05, 4.69) is 15.6 Å². The lowest BCUT2D eigenvalue weighted by atomic mass is 10.2. The molecule has 1 aromatic heterocycles. The number of amides is 3. The summed E-state index contributed by atoms with van der Waals surface area (Å²) in [7, 11) is 0. The number of oxazole rings is 1. The van der Waals surface area contributed by atoms with Crippen LogP contribution in [0, 0.1) is 0 Å². The first-order chi connectivity index (χ1) is 12.6. The fraction of sp³-hybridized carbons (Fsp3) is 0.333. The number of hydrogen-bond donors (Lipinski definition) is 2. The topological polar surface area (TPSA) is 111 Å². The zero-order chi connectivity index (χ0) is 18.4. The number of aromatic nitrogens is 1. The molecule has 8 heteroatoms. The van der Waals surface area contributed by atoms with Gasteiger partial charge in [0.05, 0.1) is 0 Å². The number of nitrogens with zero attached hydrogens (tertiary/aromatic N) is 1. The predicted molar refractivity (Wildman–Crippen MR) is 92.9 cm³/mol. The van der Waals surface area contributed by atoms with Crippen LogP contribution in [0.5, 0.6) is 0 Å². The van der Waals surface area contributed by atoms with Gasteiger partial charge in [-0.05, 0) is 25.0 Å². The molecule has 3 amide bonds. The van der Waals surface area contributed by atoms with Gasteiger partial charge in [-0.15, -0.1) is 0 Å². The van der Waals surface area contributed by atoms with Gasteiger partial charge in [0.2, 0.25) is 5.89 Å². The lowest BCUT2D eigenvalue weighted by molar-refractivity contribution is -0.143. The maximum atomic E-state index is 11.6. The van der Waals surface area contributed by atoms with Crippen LogP contribution in [0.15, 0.2) is 34.8 Å². The summed E-state index contributed by atoms with van der Waals surface area (Å²) in [5, 5.41) is 4.84. The van der Waals surface area contributed by atoms with Crippen LogP contribution in [0.25, 0.3) is 17.2 Å². The Bertz CT molecular complexity index is 803. The van der Waals surface area contributed by atoms with Crippen molar-refractivity contribution in [3.05, 3.63) is 36.2 Å². The van der Waals surface area contributed by atoms with Gasteiger partial charge in [0, 0.05) is 18.2 Å². The van der Waals surface area contributed by atoms with Crippen molar-refractivity contribution in [2.75, 3.05) is 6.61 Å². The van der Waals surface area contributed by atoms with Gasteiger partial charge >= 0.3 is 12.0 Å². The SMILES string of the molecule is O=C(COC(=O)/C=C/c1nc2ccccc2o1)NC(=O)NC1CCCC1. The third-order valence-electron chi connectivity index (χ3n) is 3.96. The first-order valence-corrected chi connectivity index (χ1v) is 8.41. The summed E-state index contributed by atoms with van der Waals surface area (Å²) in [5.41, 5.74) is 1.28. The highest BCUT2D eigenvalue weighted by Gasteiger charge is 2.18. The number of rotatable bonds is 5. The maximum absolute atomic E-state index is 11.6. The van der Waals surface area contributed by atoms with Crippen LogP contribution in [0.4, 0.5) is 4.79 Å². The van der Waals surface area contributed by atoms with E-state index in [9.17, 15) is 14.4 Å². The van der Waals surface area contributed by atoms with Gasteiger partial charge in [-0.25, -0.2) is 14.6 Å². The van der Waals surface area contributed by atoms with Gasteiger partial charge in [0.25, 0.3) is 5.91 Å². The van der Waals surface area contributed by atoms with Gasteiger partial charge in [0.15, 0.2) is 12.2 Å². The second kappa shape index (κ2) is 8.28. The van der Waals surface area contributed by atoms with E-state index < -0.39 is 24.5 Å². The Balaban J connectivity index is 1.41. The van der Waals surface area contributed by atoms with Crippen LogP contribution in [0.2, 0.25) is 0 Å². The zero-order valence-electron chi connectivity index (χ0n) is 14.1. The number of benzene rings is 1. The lowest BCUT2D eigenvalue weighted by Crippen LogP contribution is -2.44. The van der Waals surface area contributed by atoms with E-state index in [1.54, 1.807) is 12.1 Å². The molecule has 26 heavy (non-hydrogen) atoms. The molecule has 2 N–H and O–H groups in total. The highest BCUT2D eigenvalue weighted by molar-refractivity contribution is 5.96. The summed E-state index contributed by atoms with van der Waals surface area (Å²) >= 11 is 0. The molecule has 0 radical (unpaired) electrons. The predicted octanol–water partition coefficient (Wildman–Crippen LogP) is 2.15. The molecule has 1 heterocycles. The monoisotopic (exact) mass is 357 g/mol. The van der Waals surface area contributed by atoms with Gasteiger partial charge < -0.3 is 14.5 Å². The Hall–Kier alpha value is -3.16. The lowest BCUT2D eigenvalue weighted by Gasteiger charge is -2.12. The number of para-hydroxylation sites is 2. The molecule has 136 valence electrons. The van der Waals surface area contributed by atoms with E-state index >= 15 is 0 Å². The van der Waals surface area contributed by atoms with Crippen LogP contribution >= 0.6 is 0 Å². The molecule has 0 atom stereocenters. The number of hydrogen-bond acceptors (Lipinski definition) is 6. The summed E-state index contributed by atoms with van der Waals surface area (Å²) in [6, 6.07) is 6.73. The quantitative estimate of drug-likeness (QED) is 0.627. The molecule has 0 bridgehead atoms. The number of nitrogens with one attached hydrogen (secondary N) is 2. The number of carbonyl (C=O) groups excluding carboxylic acids is 3. The van der Waals surface area contributed by atoms with Crippen LogP contribution < -0.4 is 10.6 Å². The minimum atomic E-state index is -0.737. The molecular formula is C18H19N3O5. The first kappa shape index (κ1) is 17.7. The minimum absolute atomic E-state index is 0.101. The molecule has 0 unspecified atom stereocenters. The molecule has 1 aliphatic rings. The summed E-state index contributed by atoms with van der Waals surface area (Å²) < 4.78 is 10.2. The molecule has 1 aromatic carbocycles. The standard InChI is InChI=1S/C18H19N3O5/c22-15(21-18(24)19-12-5-1-2-6-12)11-25-17(23)10-9-16-20-13-7-3-4-8-14(13)26-16/h3-4,7-10,12H,1-2,5-6,11H2,(H2,19,21,22,24)/b10-9+. The van der Waals surface area contributed by atoms with Crippen molar-refractivity contribution in [1.29, 1.82) is 0 Å². The molecule has 0 aliphatic heterocycles. The molecule has 1 aliphatic carbocycles. The Morgan fingerprint density at radius 3 is 2.77 bits per heavy atom. The van der Waals surface area contributed by atoms with E-state index in [4.69, 9.17) is 9.15 Å². The van der Waals surface area contributed by atoms with Crippen molar-refractivity contribution in [2.24, 2.45) is 0 Å². The van der Waals surface area contributed by atoms with E-state index in [-0.39, 0.29) is 11.9 Å². The molecule has 0 spiro atoms. The van der Waals surface area contributed by atoms with Crippen LogP contribution in [0.3, 0.4) is 0 Å². The Morgan fingerprint density at radius 2 is 2.00 bits per heavy atom. The number of imide groups is 1. The van der Waals surface area contributed by atoms with Crippen molar-refractivity contribution in [2.45, 2.75) is 31.7 Å². The Morgan fingerprint density at radius 1 is 1.23 bits per heavy atom. The van der Waals surface area contributed by atoms with Crippen molar-refractivity contribution < 1.29 is 23.5 Å². The van der Waals surface area contributed by atoms with E-state index in [1.807, 2.05) is 12.1 Å². The van der Waals surface area contributed by atoms with Gasteiger partial charge in [-0.1, -0.05) is 25.0 Å². The van der Waals surface area contributed by atoms with Gasteiger partial charge in [-0.3, -0.25) is 10.1 Å². The van der Waals surface area contributed by atoms with Crippen LogP contribution in [0.1, 0.15) is 31.6 Å². The van der Waals surface area contributed by atoms with Crippen LogP contribution in [-0.2, 0) is 14.3 Å². The minimum Gasteiger partial charge on any atom is -0.452 e. The Labute approximate surface area is 149 Å². The number of esters is 1. The summed E-state index contributed by atoms with van der Waals surface area (Å²) in [5.74, 6) is -1.17. The molecule has 0 saturated heterocycles. The summed E-state index contributed by atoms with van der Waals surface area (Å²) in [6.45, 7) is -0.547. The third kappa shape index (κ3) is 4.92. The van der Waals surface area contributed by atoms with Gasteiger partial charge in [0.1, 0.15) is 5.52 Å². The van der Waals surface area contributed by atoms with Crippen LogP contribution in [-0.4, -0.2) is 35.5 Å².